The number of hydrogen-bond acceptors (Lipinski definition) is 2. The maximum Gasteiger partial charge on any atom is 0.0514 e. The Labute approximate surface area is 88.7 Å². The molecular weight excluding hydrogens is 176 g/mol. The van der Waals surface area contributed by atoms with Crippen molar-refractivity contribution in [2.75, 3.05) is 13.2 Å². The molecule has 0 aromatic rings. The first-order valence-electron chi connectivity index (χ1n) is 5.92. The lowest BCUT2D eigenvalue weighted by atomic mass is 9.99. The van der Waals surface area contributed by atoms with Gasteiger partial charge in [0.2, 0.25) is 0 Å². The molecule has 0 aromatic heterocycles. The fourth-order valence-electron chi connectivity index (χ4n) is 1.58. The van der Waals surface area contributed by atoms with Crippen LogP contribution in [0.4, 0.5) is 0 Å². The molecular formula is C12H26O2. The van der Waals surface area contributed by atoms with Crippen LogP contribution in [0, 0.1) is 5.92 Å². The first kappa shape index (κ1) is 13.9. The molecule has 0 fully saturated rings. The molecule has 0 aliphatic heterocycles. The van der Waals surface area contributed by atoms with Crippen molar-refractivity contribution >= 4 is 0 Å². The minimum absolute atomic E-state index is 0.161. The van der Waals surface area contributed by atoms with Crippen LogP contribution in [0.15, 0.2) is 0 Å². The number of aliphatic hydroxyl groups excluding tert-OH is 1. The summed E-state index contributed by atoms with van der Waals surface area (Å²) in [6.45, 7) is 8.01. The van der Waals surface area contributed by atoms with E-state index in [-0.39, 0.29) is 6.10 Å². The number of hydrogen-bond donors (Lipinski definition) is 1. The molecule has 0 radical (unpaired) electrons. The van der Waals surface area contributed by atoms with E-state index in [9.17, 15) is 0 Å². The molecule has 86 valence electrons. The van der Waals surface area contributed by atoms with Gasteiger partial charge < -0.3 is 9.84 Å². The van der Waals surface area contributed by atoms with Gasteiger partial charge in [0, 0.05) is 13.2 Å². The van der Waals surface area contributed by atoms with Gasteiger partial charge in [-0.3, -0.25) is 0 Å². The van der Waals surface area contributed by atoms with E-state index >= 15 is 0 Å². The van der Waals surface area contributed by atoms with Crippen LogP contribution in [-0.4, -0.2) is 24.4 Å². The van der Waals surface area contributed by atoms with Gasteiger partial charge in [-0.25, -0.2) is 0 Å². The number of rotatable bonds is 9. The van der Waals surface area contributed by atoms with E-state index in [4.69, 9.17) is 9.84 Å². The van der Waals surface area contributed by atoms with Gasteiger partial charge >= 0.3 is 0 Å². The highest BCUT2D eigenvalue weighted by Crippen LogP contribution is 2.12. The topological polar surface area (TPSA) is 29.5 Å². The summed E-state index contributed by atoms with van der Waals surface area (Å²) in [6.07, 6.45) is 5.41. The van der Waals surface area contributed by atoms with Crippen molar-refractivity contribution in [2.45, 2.75) is 59.0 Å². The standard InChI is InChI=1S/C12H26O2/c1-4-5-8-14-9-6-7-11(2)10-12(3)13/h11-13H,4-10H2,1-3H3. The van der Waals surface area contributed by atoms with Gasteiger partial charge in [-0.1, -0.05) is 20.3 Å². The Morgan fingerprint density at radius 3 is 2.36 bits per heavy atom. The quantitative estimate of drug-likeness (QED) is 0.582. The van der Waals surface area contributed by atoms with Crippen molar-refractivity contribution in [3.63, 3.8) is 0 Å². The summed E-state index contributed by atoms with van der Waals surface area (Å²) >= 11 is 0. The second-order valence-electron chi connectivity index (χ2n) is 4.30. The second kappa shape index (κ2) is 9.47. The average Bonchev–Trinajstić information content (AvgIpc) is 2.10. The molecule has 14 heavy (non-hydrogen) atoms. The summed E-state index contributed by atoms with van der Waals surface area (Å²) in [6, 6.07) is 0. The maximum absolute atomic E-state index is 9.16. The Bertz CT molecular complexity index is 113. The molecule has 0 spiro atoms. The fraction of sp³-hybridized carbons (Fsp3) is 1.00. The molecule has 2 heteroatoms. The molecule has 2 unspecified atom stereocenters. The van der Waals surface area contributed by atoms with Crippen molar-refractivity contribution in [1.82, 2.24) is 0 Å². The monoisotopic (exact) mass is 202 g/mol. The highest BCUT2D eigenvalue weighted by molar-refractivity contribution is 4.57. The predicted octanol–water partition coefficient (Wildman–Crippen LogP) is 2.99. The molecule has 0 bridgehead atoms. The minimum Gasteiger partial charge on any atom is -0.393 e. The summed E-state index contributed by atoms with van der Waals surface area (Å²) in [5, 5.41) is 9.16. The Balaban J connectivity index is 3.10. The van der Waals surface area contributed by atoms with Crippen LogP contribution in [-0.2, 0) is 4.74 Å². The van der Waals surface area contributed by atoms with E-state index in [1.165, 1.54) is 12.8 Å². The van der Waals surface area contributed by atoms with E-state index < -0.39 is 0 Å². The highest BCUT2D eigenvalue weighted by atomic mass is 16.5. The SMILES string of the molecule is CCCCOCCCC(C)CC(C)O. The number of aliphatic hydroxyl groups is 1. The van der Waals surface area contributed by atoms with E-state index in [1.807, 2.05) is 6.92 Å². The largest absolute Gasteiger partial charge is 0.393 e. The second-order valence-corrected chi connectivity index (χ2v) is 4.30. The van der Waals surface area contributed by atoms with Gasteiger partial charge in [0.15, 0.2) is 0 Å². The third kappa shape index (κ3) is 10.0. The minimum atomic E-state index is -0.161. The average molecular weight is 202 g/mol. The van der Waals surface area contributed by atoms with Crippen LogP contribution < -0.4 is 0 Å². The lowest BCUT2D eigenvalue weighted by Gasteiger charge is -2.12. The smallest absolute Gasteiger partial charge is 0.0514 e. The van der Waals surface area contributed by atoms with Crippen molar-refractivity contribution in [2.24, 2.45) is 5.92 Å². The van der Waals surface area contributed by atoms with Crippen molar-refractivity contribution in [3.8, 4) is 0 Å². The van der Waals surface area contributed by atoms with Crippen LogP contribution in [0.2, 0.25) is 0 Å². The van der Waals surface area contributed by atoms with Crippen molar-refractivity contribution in [1.29, 1.82) is 0 Å². The zero-order valence-corrected chi connectivity index (χ0v) is 9.96. The third-order valence-corrected chi connectivity index (χ3v) is 2.37. The van der Waals surface area contributed by atoms with Crippen LogP contribution in [0.25, 0.3) is 0 Å². The molecule has 2 atom stereocenters. The van der Waals surface area contributed by atoms with Gasteiger partial charge in [-0.2, -0.15) is 0 Å². The third-order valence-electron chi connectivity index (χ3n) is 2.37. The molecule has 0 saturated carbocycles. The fourth-order valence-corrected chi connectivity index (χ4v) is 1.58. The Kier molecular flexibility index (Phi) is 9.42. The van der Waals surface area contributed by atoms with Gasteiger partial charge in [-0.15, -0.1) is 0 Å². The normalized spacial score (nSPS) is 15.4. The van der Waals surface area contributed by atoms with Crippen molar-refractivity contribution in [3.05, 3.63) is 0 Å². The summed E-state index contributed by atoms with van der Waals surface area (Å²) in [7, 11) is 0. The Morgan fingerprint density at radius 2 is 1.79 bits per heavy atom. The van der Waals surface area contributed by atoms with Gasteiger partial charge in [0.05, 0.1) is 6.10 Å². The van der Waals surface area contributed by atoms with E-state index in [0.29, 0.717) is 5.92 Å². The molecule has 0 saturated heterocycles. The van der Waals surface area contributed by atoms with E-state index in [1.54, 1.807) is 0 Å². The Morgan fingerprint density at radius 1 is 1.14 bits per heavy atom. The lowest BCUT2D eigenvalue weighted by molar-refractivity contribution is 0.118. The molecule has 0 rings (SSSR count). The first-order valence-corrected chi connectivity index (χ1v) is 5.92. The van der Waals surface area contributed by atoms with Crippen LogP contribution in [0.5, 0.6) is 0 Å². The summed E-state index contributed by atoms with van der Waals surface area (Å²) in [5.41, 5.74) is 0. The van der Waals surface area contributed by atoms with Crippen molar-refractivity contribution < 1.29 is 9.84 Å². The highest BCUT2D eigenvalue weighted by Gasteiger charge is 2.05. The van der Waals surface area contributed by atoms with Gasteiger partial charge in [-0.05, 0) is 38.5 Å². The van der Waals surface area contributed by atoms with Gasteiger partial charge in [0.1, 0.15) is 0 Å². The van der Waals surface area contributed by atoms with Crippen LogP contribution >= 0.6 is 0 Å². The zero-order chi connectivity index (χ0) is 10.8. The predicted molar refractivity (Wildman–Crippen MR) is 60.4 cm³/mol. The summed E-state index contributed by atoms with van der Waals surface area (Å²) in [4.78, 5) is 0. The summed E-state index contributed by atoms with van der Waals surface area (Å²) in [5.74, 6) is 0.616. The molecule has 2 nitrogen and oxygen atoms in total. The lowest BCUT2D eigenvalue weighted by Crippen LogP contribution is -2.08. The molecule has 1 N–H and O–H groups in total. The summed E-state index contributed by atoms with van der Waals surface area (Å²) < 4.78 is 5.47. The molecule has 0 aliphatic rings. The zero-order valence-electron chi connectivity index (χ0n) is 9.96. The first-order chi connectivity index (χ1) is 6.66. The number of ether oxygens (including phenoxy) is 1. The van der Waals surface area contributed by atoms with Crippen LogP contribution in [0.3, 0.4) is 0 Å². The molecule has 0 aliphatic carbocycles. The van der Waals surface area contributed by atoms with Gasteiger partial charge in [0.25, 0.3) is 0 Å². The van der Waals surface area contributed by atoms with E-state index in [2.05, 4.69) is 13.8 Å². The molecule has 0 aromatic carbocycles. The molecule has 0 heterocycles. The maximum atomic E-state index is 9.16. The van der Waals surface area contributed by atoms with Crippen LogP contribution in [0.1, 0.15) is 52.9 Å². The number of unbranched alkanes of at least 4 members (excludes halogenated alkanes) is 1. The Hall–Kier alpha value is -0.0800. The van der Waals surface area contributed by atoms with E-state index in [0.717, 1.165) is 32.5 Å². The molecule has 0 amide bonds.